The summed E-state index contributed by atoms with van der Waals surface area (Å²) in [4.78, 5) is 56.5. The first-order valence-corrected chi connectivity index (χ1v) is 14.1. The van der Waals surface area contributed by atoms with Crippen molar-refractivity contribution < 1.29 is 38.1 Å². The van der Waals surface area contributed by atoms with Crippen molar-refractivity contribution in [3.63, 3.8) is 0 Å². The van der Waals surface area contributed by atoms with Gasteiger partial charge in [0, 0.05) is 13.1 Å². The zero-order valence-corrected chi connectivity index (χ0v) is 26.2. The normalized spacial score (nSPS) is 17.1. The number of hydrogen-bond donors (Lipinski definition) is 2. The molecule has 0 spiro atoms. The molecule has 1 fully saturated rings. The van der Waals surface area contributed by atoms with Crippen LogP contribution in [-0.2, 0) is 30.3 Å². The predicted molar refractivity (Wildman–Crippen MR) is 157 cm³/mol. The molecule has 2 rings (SSSR count). The third kappa shape index (κ3) is 13.2. The maximum absolute atomic E-state index is 13.0. The molecule has 2 N–H and O–H groups in total. The van der Waals surface area contributed by atoms with Gasteiger partial charge < -0.3 is 18.9 Å². The maximum atomic E-state index is 13.0. The van der Waals surface area contributed by atoms with Gasteiger partial charge in [0.05, 0.1) is 0 Å². The highest BCUT2D eigenvalue weighted by atomic mass is 16.6. The third-order valence-corrected chi connectivity index (χ3v) is 5.55. The first kappa shape index (κ1) is 34.4. The zero-order valence-electron chi connectivity index (χ0n) is 26.2. The van der Waals surface area contributed by atoms with E-state index < -0.39 is 47.1 Å². The van der Waals surface area contributed by atoms with E-state index in [4.69, 9.17) is 18.9 Å². The van der Waals surface area contributed by atoms with Crippen LogP contribution < -0.4 is 10.6 Å². The van der Waals surface area contributed by atoms with Gasteiger partial charge in [-0.05, 0) is 86.6 Å². The van der Waals surface area contributed by atoms with E-state index in [0.29, 0.717) is 12.8 Å². The number of carbonyl (C=O) groups excluding carboxylic acids is 4. The van der Waals surface area contributed by atoms with Gasteiger partial charge in [0.25, 0.3) is 0 Å². The minimum atomic E-state index is -0.819. The van der Waals surface area contributed by atoms with E-state index in [9.17, 15) is 19.2 Å². The quantitative estimate of drug-likeness (QED) is 0.200. The molecule has 1 aliphatic rings. The van der Waals surface area contributed by atoms with Crippen molar-refractivity contribution in [2.75, 3.05) is 13.1 Å². The van der Waals surface area contributed by atoms with E-state index in [0.717, 1.165) is 5.56 Å². The van der Waals surface area contributed by atoms with E-state index in [2.05, 4.69) is 15.6 Å². The lowest BCUT2D eigenvalue weighted by molar-refractivity contribution is -0.159. The van der Waals surface area contributed by atoms with Gasteiger partial charge in [0.2, 0.25) is 5.96 Å². The molecule has 12 heteroatoms. The molecule has 0 aromatic heterocycles. The number of guanidine groups is 1. The highest BCUT2D eigenvalue weighted by Gasteiger charge is 2.42. The number of esters is 1. The van der Waals surface area contributed by atoms with Crippen LogP contribution in [0.3, 0.4) is 0 Å². The van der Waals surface area contributed by atoms with E-state index in [-0.39, 0.29) is 31.6 Å². The largest absolute Gasteiger partial charge is 0.458 e. The van der Waals surface area contributed by atoms with Gasteiger partial charge in [-0.15, -0.1) is 0 Å². The molecule has 2 atom stereocenters. The zero-order chi connectivity index (χ0) is 31.7. The molecule has 12 nitrogen and oxygen atoms in total. The number of carbonyl (C=O) groups is 4. The van der Waals surface area contributed by atoms with Gasteiger partial charge in [0.1, 0.15) is 29.5 Å². The molecule has 1 heterocycles. The lowest BCUT2D eigenvalue weighted by atomic mass is 10.0. The molecule has 1 aromatic carbocycles. The van der Waals surface area contributed by atoms with Crippen molar-refractivity contribution in [1.82, 2.24) is 15.5 Å². The molecule has 0 radical (unpaired) electrons. The fraction of sp³-hybridized carbons (Fsp3) is 0.633. The van der Waals surface area contributed by atoms with E-state index in [1.54, 1.807) is 62.3 Å². The Labute approximate surface area is 248 Å². The average molecular weight is 591 g/mol. The maximum Gasteiger partial charge on any atom is 0.414 e. The number of alkyl carbamates (subject to hydrolysis) is 2. The molecule has 42 heavy (non-hydrogen) atoms. The van der Waals surface area contributed by atoms with Crippen molar-refractivity contribution in [2.45, 2.75) is 105 Å². The Balaban J connectivity index is 2.12. The molecule has 0 saturated carbocycles. The van der Waals surface area contributed by atoms with Crippen LogP contribution in [0.4, 0.5) is 14.4 Å². The molecule has 1 aliphatic heterocycles. The average Bonchev–Trinajstić information content (AvgIpc) is 3.24. The molecule has 0 bridgehead atoms. The fourth-order valence-electron chi connectivity index (χ4n) is 4.00. The van der Waals surface area contributed by atoms with Crippen LogP contribution in [0.15, 0.2) is 35.3 Å². The Bertz CT molecular complexity index is 1080. The van der Waals surface area contributed by atoms with Crippen LogP contribution in [0, 0.1) is 5.92 Å². The van der Waals surface area contributed by atoms with Crippen LogP contribution in [-0.4, -0.2) is 71.0 Å². The minimum Gasteiger partial charge on any atom is -0.458 e. The molecular weight excluding hydrogens is 544 g/mol. The molecular formula is C30H46N4O8. The van der Waals surface area contributed by atoms with Gasteiger partial charge in [-0.3, -0.25) is 20.5 Å². The van der Waals surface area contributed by atoms with Crippen LogP contribution >= 0.6 is 0 Å². The summed E-state index contributed by atoms with van der Waals surface area (Å²) in [7, 11) is 0. The number of nitrogens with zero attached hydrogens (tertiary/aromatic N) is 2. The summed E-state index contributed by atoms with van der Waals surface area (Å²) in [6, 6.07) is 8.44. The number of ether oxygens (including phenoxy) is 4. The van der Waals surface area contributed by atoms with Crippen LogP contribution in [0.2, 0.25) is 0 Å². The summed E-state index contributed by atoms with van der Waals surface area (Å²) >= 11 is 0. The van der Waals surface area contributed by atoms with Gasteiger partial charge in [-0.25, -0.2) is 19.2 Å². The summed E-state index contributed by atoms with van der Waals surface area (Å²) in [5.74, 6) is -0.775. The summed E-state index contributed by atoms with van der Waals surface area (Å²) in [5.41, 5.74) is -1.43. The summed E-state index contributed by atoms with van der Waals surface area (Å²) in [6.07, 6.45) is -1.42. The van der Waals surface area contributed by atoms with Gasteiger partial charge in [-0.2, -0.15) is 0 Å². The Morgan fingerprint density at radius 2 is 1.36 bits per heavy atom. The topological polar surface area (TPSA) is 145 Å². The first-order valence-electron chi connectivity index (χ1n) is 14.1. The SMILES string of the molecule is CC(C)(C)OC(=O)NC(=NCC[C@@H]1C[C@@H](C(=O)OC(C)(C)C)N(C(=O)OCc2ccccc2)C1)NC(=O)OC(C)(C)C. The standard InChI is InChI=1S/C30H46N4O8/c1-28(2,3)40-23(35)22-17-21(18-34(22)27(38)39-19-20-13-11-10-12-14-20)15-16-31-24(32-25(36)41-29(4,5)6)33-26(37)42-30(7,8)9/h10-14,21-22H,15-19H2,1-9H3,(H2,31,32,33,36,37)/t21-,22+/m1/s1. The van der Waals surface area contributed by atoms with Crippen LogP contribution in [0.25, 0.3) is 0 Å². The van der Waals surface area contributed by atoms with Crippen molar-refractivity contribution in [1.29, 1.82) is 0 Å². The lowest BCUT2D eigenvalue weighted by Gasteiger charge is -2.26. The number of amides is 3. The first-order chi connectivity index (χ1) is 19.3. The summed E-state index contributed by atoms with van der Waals surface area (Å²) < 4.78 is 21.6. The third-order valence-electron chi connectivity index (χ3n) is 5.55. The number of hydrogen-bond acceptors (Lipinski definition) is 9. The van der Waals surface area contributed by atoms with Gasteiger partial charge in [-0.1, -0.05) is 30.3 Å². The van der Waals surface area contributed by atoms with Crippen LogP contribution in [0.5, 0.6) is 0 Å². The second-order valence-corrected chi connectivity index (χ2v) is 13.1. The molecule has 3 amide bonds. The Morgan fingerprint density at radius 1 is 0.833 bits per heavy atom. The lowest BCUT2D eigenvalue weighted by Crippen LogP contribution is -2.47. The number of benzene rings is 1. The predicted octanol–water partition coefficient (Wildman–Crippen LogP) is 5.15. The van der Waals surface area contributed by atoms with E-state index in [1.807, 2.05) is 30.3 Å². The van der Waals surface area contributed by atoms with Crippen molar-refractivity contribution >= 4 is 30.2 Å². The van der Waals surface area contributed by atoms with Gasteiger partial charge >= 0.3 is 24.2 Å². The molecule has 234 valence electrons. The Morgan fingerprint density at radius 3 is 1.86 bits per heavy atom. The summed E-state index contributed by atoms with van der Waals surface area (Å²) in [5, 5.41) is 4.89. The van der Waals surface area contributed by atoms with E-state index in [1.165, 1.54) is 4.90 Å². The Hall–Kier alpha value is -3.83. The van der Waals surface area contributed by atoms with E-state index >= 15 is 0 Å². The number of likely N-dealkylation sites (tertiary alicyclic amines) is 1. The Kier molecular flexibility index (Phi) is 11.8. The number of nitrogens with one attached hydrogen (secondary N) is 2. The van der Waals surface area contributed by atoms with Crippen molar-refractivity contribution in [3.8, 4) is 0 Å². The number of rotatable bonds is 6. The van der Waals surface area contributed by atoms with Gasteiger partial charge in [0.15, 0.2) is 0 Å². The molecule has 1 saturated heterocycles. The minimum absolute atomic E-state index is 0.0716. The number of aliphatic imine (C=N–C) groups is 1. The van der Waals surface area contributed by atoms with Crippen molar-refractivity contribution in [2.24, 2.45) is 10.9 Å². The summed E-state index contributed by atoms with van der Waals surface area (Å²) in [6.45, 7) is 16.0. The second-order valence-electron chi connectivity index (χ2n) is 13.1. The fourth-order valence-corrected chi connectivity index (χ4v) is 4.00. The molecule has 0 aliphatic carbocycles. The smallest absolute Gasteiger partial charge is 0.414 e. The highest BCUT2D eigenvalue weighted by molar-refractivity contribution is 6.01. The second kappa shape index (κ2) is 14.4. The highest BCUT2D eigenvalue weighted by Crippen LogP contribution is 2.29. The molecule has 0 unspecified atom stereocenters. The monoisotopic (exact) mass is 590 g/mol. The molecule has 1 aromatic rings. The van der Waals surface area contributed by atoms with Crippen LogP contribution in [0.1, 0.15) is 80.7 Å². The van der Waals surface area contributed by atoms with Crippen molar-refractivity contribution in [3.05, 3.63) is 35.9 Å².